The lowest BCUT2D eigenvalue weighted by molar-refractivity contribution is 0.171. The Bertz CT molecular complexity index is 687. The normalized spacial score (nSPS) is 10.9. The van der Waals surface area contributed by atoms with E-state index < -0.39 is 6.09 Å². The molecule has 1 amide bonds. The number of aryl methyl sites for hydroxylation is 2. The van der Waals surface area contributed by atoms with E-state index in [4.69, 9.17) is 0 Å². The molecule has 2 rings (SSSR count). The van der Waals surface area contributed by atoms with Crippen LogP contribution in [-0.4, -0.2) is 29.2 Å². The number of rotatable bonds is 4. The first-order valence-corrected chi connectivity index (χ1v) is 6.98. The molecule has 22 heavy (non-hydrogen) atoms. The minimum Gasteiger partial charge on any atom is -0.452 e. The van der Waals surface area contributed by atoms with E-state index in [1.807, 2.05) is 18.5 Å². The zero-order valence-corrected chi connectivity index (χ0v) is 13.3. The van der Waals surface area contributed by atoms with Gasteiger partial charge in [-0.15, -0.1) is 0 Å². The second-order valence-corrected chi connectivity index (χ2v) is 5.09. The maximum absolute atomic E-state index is 11.0. The lowest BCUT2D eigenvalue weighted by atomic mass is 10.1. The molecule has 1 aromatic carbocycles. The summed E-state index contributed by atoms with van der Waals surface area (Å²) in [7, 11) is 1.29. The highest BCUT2D eigenvalue weighted by atomic mass is 16.5. The molecule has 0 atom stereocenters. The SMILES string of the molecule is COC(=O)NN=Cc1c(C)nn(Cc2ccc(C)cc2)c1C. The monoisotopic (exact) mass is 300 g/mol. The first kappa shape index (κ1) is 15.8. The Morgan fingerprint density at radius 2 is 2.00 bits per heavy atom. The Kier molecular flexibility index (Phi) is 4.93. The number of aromatic nitrogens is 2. The molecule has 0 saturated carbocycles. The van der Waals surface area contributed by atoms with E-state index in [-0.39, 0.29) is 0 Å². The molecule has 0 aliphatic heterocycles. The van der Waals surface area contributed by atoms with Gasteiger partial charge in [0.1, 0.15) is 0 Å². The van der Waals surface area contributed by atoms with E-state index in [0.717, 1.165) is 17.0 Å². The predicted molar refractivity (Wildman–Crippen MR) is 85.1 cm³/mol. The molecule has 116 valence electrons. The Hall–Kier alpha value is -2.63. The Labute approximate surface area is 129 Å². The van der Waals surface area contributed by atoms with E-state index in [1.54, 1.807) is 6.21 Å². The van der Waals surface area contributed by atoms with Crippen molar-refractivity contribution in [1.82, 2.24) is 15.2 Å². The van der Waals surface area contributed by atoms with Gasteiger partial charge in [-0.3, -0.25) is 4.68 Å². The number of amides is 1. The van der Waals surface area contributed by atoms with Crippen LogP contribution in [0.25, 0.3) is 0 Å². The van der Waals surface area contributed by atoms with Crippen LogP contribution in [0.5, 0.6) is 0 Å². The molecule has 1 N–H and O–H groups in total. The summed E-state index contributed by atoms with van der Waals surface area (Å²) in [5, 5.41) is 8.39. The molecule has 2 aromatic rings. The maximum Gasteiger partial charge on any atom is 0.427 e. The lowest BCUT2D eigenvalue weighted by Gasteiger charge is -2.05. The van der Waals surface area contributed by atoms with Gasteiger partial charge in [0.2, 0.25) is 0 Å². The third-order valence-corrected chi connectivity index (χ3v) is 3.43. The van der Waals surface area contributed by atoms with E-state index in [1.165, 1.54) is 18.2 Å². The van der Waals surface area contributed by atoms with Gasteiger partial charge in [0.15, 0.2) is 0 Å². The van der Waals surface area contributed by atoms with Crippen molar-refractivity contribution in [1.29, 1.82) is 0 Å². The topological polar surface area (TPSA) is 68.5 Å². The molecule has 1 aromatic heterocycles. The Balaban J connectivity index is 2.16. The minimum atomic E-state index is -0.599. The van der Waals surface area contributed by atoms with E-state index in [2.05, 4.69) is 51.6 Å². The van der Waals surface area contributed by atoms with Gasteiger partial charge in [-0.2, -0.15) is 10.2 Å². The number of carbonyl (C=O) groups excluding carboxylic acids is 1. The van der Waals surface area contributed by atoms with Gasteiger partial charge in [-0.1, -0.05) is 29.8 Å². The number of hydrazone groups is 1. The van der Waals surface area contributed by atoms with Gasteiger partial charge in [0.05, 0.1) is 25.6 Å². The van der Waals surface area contributed by atoms with E-state index >= 15 is 0 Å². The standard InChI is InChI=1S/C16H20N4O2/c1-11-5-7-14(8-6-11)10-20-13(3)15(12(2)19-20)9-17-18-16(21)22-4/h5-9H,10H2,1-4H3,(H,18,21). The van der Waals surface area contributed by atoms with Gasteiger partial charge in [-0.05, 0) is 26.3 Å². The molecule has 0 spiro atoms. The van der Waals surface area contributed by atoms with Crippen molar-refractivity contribution in [2.45, 2.75) is 27.3 Å². The van der Waals surface area contributed by atoms with Crippen molar-refractivity contribution in [2.24, 2.45) is 5.10 Å². The average Bonchev–Trinajstić information content (AvgIpc) is 2.76. The smallest absolute Gasteiger partial charge is 0.427 e. The number of benzene rings is 1. The molecule has 6 heteroatoms. The second-order valence-electron chi connectivity index (χ2n) is 5.09. The van der Waals surface area contributed by atoms with Crippen LogP contribution in [0, 0.1) is 20.8 Å². The summed E-state index contributed by atoms with van der Waals surface area (Å²) in [5.41, 5.74) is 7.44. The summed E-state index contributed by atoms with van der Waals surface area (Å²) < 4.78 is 6.39. The van der Waals surface area contributed by atoms with Crippen molar-refractivity contribution in [2.75, 3.05) is 7.11 Å². The number of hydrogen-bond donors (Lipinski definition) is 1. The van der Waals surface area contributed by atoms with Crippen LogP contribution in [0.1, 0.15) is 28.1 Å². The van der Waals surface area contributed by atoms with Crippen molar-refractivity contribution in [3.63, 3.8) is 0 Å². The second kappa shape index (κ2) is 6.89. The third-order valence-electron chi connectivity index (χ3n) is 3.43. The van der Waals surface area contributed by atoms with Crippen molar-refractivity contribution >= 4 is 12.3 Å². The number of carbonyl (C=O) groups is 1. The van der Waals surface area contributed by atoms with Crippen LogP contribution in [0.2, 0.25) is 0 Å². The quantitative estimate of drug-likeness (QED) is 0.697. The summed E-state index contributed by atoms with van der Waals surface area (Å²) in [6.45, 7) is 6.66. The molecular weight excluding hydrogens is 280 g/mol. The molecule has 0 radical (unpaired) electrons. The van der Waals surface area contributed by atoms with Crippen LogP contribution in [0.3, 0.4) is 0 Å². The summed E-state index contributed by atoms with van der Waals surface area (Å²) in [6, 6.07) is 8.37. The number of methoxy groups -OCH3 is 1. The van der Waals surface area contributed by atoms with Crippen molar-refractivity contribution in [3.05, 3.63) is 52.3 Å². The highest BCUT2D eigenvalue weighted by Crippen LogP contribution is 2.13. The van der Waals surface area contributed by atoms with Crippen LogP contribution >= 0.6 is 0 Å². The highest BCUT2D eigenvalue weighted by molar-refractivity contribution is 5.83. The van der Waals surface area contributed by atoms with Crippen molar-refractivity contribution < 1.29 is 9.53 Å². The molecule has 0 fully saturated rings. The molecule has 0 saturated heterocycles. The molecule has 1 heterocycles. The third kappa shape index (κ3) is 3.72. The van der Waals surface area contributed by atoms with Crippen LogP contribution < -0.4 is 5.43 Å². The summed E-state index contributed by atoms with van der Waals surface area (Å²) in [6.07, 6.45) is 0.985. The number of hydrogen-bond acceptors (Lipinski definition) is 4. The first-order valence-electron chi connectivity index (χ1n) is 6.98. The van der Waals surface area contributed by atoms with Crippen LogP contribution in [-0.2, 0) is 11.3 Å². The molecule has 0 bridgehead atoms. The molecule has 6 nitrogen and oxygen atoms in total. The van der Waals surface area contributed by atoms with E-state index in [9.17, 15) is 4.79 Å². The largest absolute Gasteiger partial charge is 0.452 e. The van der Waals surface area contributed by atoms with Gasteiger partial charge >= 0.3 is 6.09 Å². The van der Waals surface area contributed by atoms with Crippen LogP contribution in [0.4, 0.5) is 4.79 Å². The van der Waals surface area contributed by atoms with Gasteiger partial charge in [0.25, 0.3) is 0 Å². The highest BCUT2D eigenvalue weighted by Gasteiger charge is 2.10. The summed E-state index contributed by atoms with van der Waals surface area (Å²) >= 11 is 0. The maximum atomic E-state index is 11.0. The Morgan fingerprint density at radius 1 is 1.32 bits per heavy atom. The lowest BCUT2D eigenvalue weighted by Crippen LogP contribution is -2.16. The number of nitrogens with zero attached hydrogens (tertiary/aromatic N) is 3. The van der Waals surface area contributed by atoms with Gasteiger partial charge in [0, 0.05) is 11.3 Å². The van der Waals surface area contributed by atoms with Crippen LogP contribution in [0.15, 0.2) is 29.4 Å². The molecule has 0 aliphatic rings. The zero-order valence-electron chi connectivity index (χ0n) is 13.3. The summed E-state index contributed by atoms with van der Waals surface area (Å²) in [5.74, 6) is 0. The minimum absolute atomic E-state index is 0.599. The van der Waals surface area contributed by atoms with Gasteiger partial charge < -0.3 is 4.74 Å². The fourth-order valence-electron chi connectivity index (χ4n) is 2.11. The fraction of sp³-hybridized carbons (Fsp3) is 0.312. The average molecular weight is 300 g/mol. The predicted octanol–water partition coefficient (Wildman–Crippen LogP) is 2.55. The zero-order chi connectivity index (χ0) is 16.1. The number of ether oxygens (including phenoxy) is 1. The van der Waals surface area contributed by atoms with Crippen molar-refractivity contribution in [3.8, 4) is 0 Å². The molecule has 0 unspecified atom stereocenters. The fourth-order valence-corrected chi connectivity index (χ4v) is 2.11. The van der Waals surface area contributed by atoms with E-state index in [0.29, 0.717) is 6.54 Å². The number of nitrogens with one attached hydrogen (secondary N) is 1. The first-order chi connectivity index (χ1) is 10.5. The Morgan fingerprint density at radius 3 is 2.64 bits per heavy atom. The summed E-state index contributed by atoms with van der Waals surface area (Å²) in [4.78, 5) is 11.0. The molecular formula is C16H20N4O2. The van der Waals surface area contributed by atoms with Gasteiger partial charge in [-0.25, -0.2) is 10.2 Å². The molecule has 0 aliphatic carbocycles.